The summed E-state index contributed by atoms with van der Waals surface area (Å²) < 4.78 is 5.87. The molecular weight excluding hydrogens is 282 g/mol. The van der Waals surface area contributed by atoms with Crippen LogP contribution in [-0.2, 0) is 13.2 Å². The summed E-state index contributed by atoms with van der Waals surface area (Å²) in [4.78, 5) is 0. The Bertz CT molecular complexity index is 735. The highest BCUT2D eigenvalue weighted by Crippen LogP contribution is 2.17. The number of anilines is 1. The summed E-state index contributed by atoms with van der Waals surface area (Å²) in [7, 11) is 0. The van der Waals surface area contributed by atoms with Gasteiger partial charge in [0.05, 0.1) is 0 Å². The van der Waals surface area contributed by atoms with E-state index in [4.69, 9.17) is 4.74 Å². The van der Waals surface area contributed by atoms with E-state index >= 15 is 0 Å². The molecule has 0 bridgehead atoms. The Morgan fingerprint density at radius 3 is 2.30 bits per heavy atom. The van der Waals surface area contributed by atoms with Crippen LogP contribution in [0.15, 0.2) is 78.9 Å². The van der Waals surface area contributed by atoms with Crippen molar-refractivity contribution in [2.45, 2.75) is 20.1 Å². The van der Waals surface area contributed by atoms with E-state index < -0.39 is 0 Å². The molecule has 0 amide bonds. The summed E-state index contributed by atoms with van der Waals surface area (Å²) in [5.41, 5.74) is 4.78. The minimum atomic E-state index is 0.593. The first kappa shape index (κ1) is 15.2. The SMILES string of the molecule is Cc1ccc(NCc2cccc(OCc3ccccc3)c2)cc1. The lowest BCUT2D eigenvalue weighted by Crippen LogP contribution is -2.00. The zero-order valence-electron chi connectivity index (χ0n) is 13.3. The fourth-order valence-electron chi connectivity index (χ4n) is 2.36. The average molecular weight is 303 g/mol. The molecule has 3 aromatic rings. The number of ether oxygens (including phenoxy) is 1. The molecule has 116 valence electrons. The monoisotopic (exact) mass is 303 g/mol. The second-order valence-electron chi connectivity index (χ2n) is 5.64. The van der Waals surface area contributed by atoms with E-state index in [2.05, 4.69) is 60.8 Å². The summed E-state index contributed by atoms with van der Waals surface area (Å²) in [6.07, 6.45) is 0. The largest absolute Gasteiger partial charge is 0.489 e. The molecule has 0 fully saturated rings. The third-order valence-electron chi connectivity index (χ3n) is 3.69. The lowest BCUT2D eigenvalue weighted by atomic mass is 10.2. The molecule has 0 heterocycles. The number of nitrogens with one attached hydrogen (secondary N) is 1. The van der Waals surface area contributed by atoms with Crippen LogP contribution in [0, 0.1) is 6.92 Å². The van der Waals surface area contributed by atoms with E-state index in [0.29, 0.717) is 6.61 Å². The number of benzene rings is 3. The Labute approximate surface area is 137 Å². The van der Waals surface area contributed by atoms with E-state index in [1.54, 1.807) is 0 Å². The third kappa shape index (κ3) is 4.62. The molecule has 0 atom stereocenters. The Morgan fingerprint density at radius 2 is 1.52 bits per heavy atom. The van der Waals surface area contributed by atoms with Crippen molar-refractivity contribution in [3.05, 3.63) is 95.6 Å². The lowest BCUT2D eigenvalue weighted by molar-refractivity contribution is 0.306. The van der Waals surface area contributed by atoms with Crippen molar-refractivity contribution in [2.24, 2.45) is 0 Å². The Morgan fingerprint density at radius 1 is 0.783 bits per heavy atom. The fourth-order valence-corrected chi connectivity index (χ4v) is 2.36. The van der Waals surface area contributed by atoms with Crippen LogP contribution in [0.4, 0.5) is 5.69 Å². The van der Waals surface area contributed by atoms with E-state index in [9.17, 15) is 0 Å². The van der Waals surface area contributed by atoms with E-state index in [1.807, 2.05) is 30.3 Å². The first-order chi connectivity index (χ1) is 11.3. The summed E-state index contributed by atoms with van der Waals surface area (Å²) in [5, 5.41) is 3.43. The van der Waals surface area contributed by atoms with Crippen LogP contribution < -0.4 is 10.1 Å². The van der Waals surface area contributed by atoms with Gasteiger partial charge in [0.2, 0.25) is 0 Å². The second-order valence-corrected chi connectivity index (χ2v) is 5.64. The van der Waals surface area contributed by atoms with Gasteiger partial charge in [0, 0.05) is 12.2 Å². The van der Waals surface area contributed by atoms with Gasteiger partial charge >= 0.3 is 0 Å². The van der Waals surface area contributed by atoms with Crippen LogP contribution >= 0.6 is 0 Å². The van der Waals surface area contributed by atoms with Crippen LogP contribution in [0.2, 0.25) is 0 Å². The number of hydrogen-bond acceptors (Lipinski definition) is 2. The van der Waals surface area contributed by atoms with Gasteiger partial charge in [-0.1, -0.05) is 60.2 Å². The maximum atomic E-state index is 5.87. The Kier molecular flexibility index (Phi) is 4.95. The van der Waals surface area contributed by atoms with Crippen LogP contribution in [0.5, 0.6) is 5.75 Å². The molecule has 0 saturated carbocycles. The maximum Gasteiger partial charge on any atom is 0.120 e. The van der Waals surface area contributed by atoms with Crippen LogP contribution in [-0.4, -0.2) is 0 Å². The second kappa shape index (κ2) is 7.50. The highest BCUT2D eigenvalue weighted by Gasteiger charge is 1.99. The minimum absolute atomic E-state index is 0.593. The summed E-state index contributed by atoms with van der Waals surface area (Å²) in [5.74, 6) is 0.900. The predicted molar refractivity (Wildman–Crippen MR) is 95.7 cm³/mol. The molecule has 1 N–H and O–H groups in total. The smallest absolute Gasteiger partial charge is 0.120 e. The summed E-state index contributed by atoms with van der Waals surface area (Å²) in [6, 6.07) is 26.9. The zero-order chi connectivity index (χ0) is 15.9. The normalized spacial score (nSPS) is 10.3. The van der Waals surface area contributed by atoms with Crippen molar-refractivity contribution >= 4 is 5.69 Å². The molecule has 0 radical (unpaired) electrons. The first-order valence-electron chi connectivity index (χ1n) is 7.86. The van der Waals surface area contributed by atoms with Crippen molar-refractivity contribution in [1.29, 1.82) is 0 Å². The number of aryl methyl sites for hydroxylation is 1. The molecule has 0 aliphatic rings. The topological polar surface area (TPSA) is 21.3 Å². The molecule has 3 rings (SSSR count). The highest BCUT2D eigenvalue weighted by atomic mass is 16.5. The van der Waals surface area contributed by atoms with Gasteiger partial charge in [0.1, 0.15) is 12.4 Å². The van der Waals surface area contributed by atoms with Crippen LogP contribution in [0.1, 0.15) is 16.7 Å². The van der Waals surface area contributed by atoms with Gasteiger partial charge in [-0.25, -0.2) is 0 Å². The van der Waals surface area contributed by atoms with Crippen LogP contribution in [0.25, 0.3) is 0 Å². The Hall–Kier alpha value is -2.74. The van der Waals surface area contributed by atoms with Crippen molar-refractivity contribution in [2.75, 3.05) is 5.32 Å². The van der Waals surface area contributed by atoms with Crippen molar-refractivity contribution in [1.82, 2.24) is 0 Å². The van der Waals surface area contributed by atoms with Gasteiger partial charge in [-0.3, -0.25) is 0 Å². The molecule has 23 heavy (non-hydrogen) atoms. The Balaban J connectivity index is 1.57. The van der Waals surface area contributed by atoms with Crippen LogP contribution in [0.3, 0.4) is 0 Å². The summed E-state index contributed by atoms with van der Waals surface area (Å²) >= 11 is 0. The van der Waals surface area contributed by atoms with Crippen molar-refractivity contribution < 1.29 is 4.74 Å². The van der Waals surface area contributed by atoms with Crippen molar-refractivity contribution in [3.8, 4) is 5.75 Å². The maximum absolute atomic E-state index is 5.87. The molecule has 3 aromatic carbocycles. The standard InChI is InChI=1S/C21H21NO/c1-17-10-12-20(13-11-17)22-15-19-8-5-9-21(14-19)23-16-18-6-3-2-4-7-18/h2-14,22H,15-16H2,1H3. The van der Waals surface area contributed by atoms with Gasteiger partial charge in [0.25, 0.3) is 0 Å². The molecule has 0 aromatic heterocycles. The molecule has 0 saturated heterocycles. The van der Waals surface area contributed by atoms with Gasteiger partial charge < -0.3 is 10.1 Å². The summed E-state index contributed by atoms with van der Waals surface area (Å²) in [6.45, 7) is 3.47. The van der Waals surface area contributed by atoms with Crippen molar-refractivity contribution in [3.63, 3.8) is 0 Å². The molecule has 0 aliphatic carbocycles. The van der Waals surface area contributed by atoms with Gasteiger partial charge in [-0.05, 0) is 42.3 Å². The quantitative estimate of drug-likeness (QED) is 0.677. The molecule has 2 heteroatoms. The first-order valence-corrected chi connectivity index (χ1v) is 7.86. The lowest BCUT2D eigenvalue weighted by Gasteiger charge is -2.10. The fraction of sp³-hybridized carbons (Fsp3) is 0.143. The number of rotatable bonds is 6. The van der Waals surface area contributed by atoms with E-state index in [1.165, 1.54) is 16.7 Å². The van der Waals surface area contributed by atoms with Gasteiger partial charge in [-0.2, -0.15) is 0 Å². The molecule has 0 aliphatic heterocycles. The van der Waals surface area contributed by atoms with Gasteiger partial charge in [0.15, 0.2) is 0 Å². The van der Waals surface area contributed by atoms with E-state index in [-0.39, 0.29) is 0 Å². The molecule has 2 nitrogen and oxygen atoms in total. The number of hydrogen-bond donors (Lipinski definition) is 1. The third-order valence-corrected chi connectivity index (χ3v) is 3.69. The molecule has 0 unspecified atom stereocenters. The molecular formula is C21H21NO. The highest BCUT2D eigenvalue weighted by molar-refractivity contribution is 5.45. The zero-order valence-corrected chi connectivity index (χ0v) is 13.3. The van der Waals surface area contributed by atoms with Gasteiger partial charge in [-0.15, -0.1) is 0 Å². The average Bonchev–Trinajstić information content (AvgIpc) is 2.61. The minimum Gasteiger partial charge on any atom is -0.489 e. The van der Waals surface area contributed by atoms with E-state index in [0.717, 1.165) is 18.0 Å². The molecule has 0 spiro atoms. The predicted octanol–water partition coefficient (Wildman–Crippen LogP) is 5.19.